The van der Waals surface area contributed by atoms with Crippen LogP contribution in [0.2, 0.25) is 0 Å². The number of thiocarbonyl (C=S) groups is 1. The maximum Gasteiger partial charge on any atom is 0.329 e. The average Bonchev–Trinajstić information content (AvgIpc) is 2.58. The van der Waals surface area contributed by atoms with Crippen molar-refractivity contribution in [1.29, 1.82) is 0 Å². The van der Waals surface area contributed by atoms with Crippen molar-refractivity contribution in [3.8, 4) is 0 Å². The first-order chi connectivity index (χ1) is 11.9. The molecule has 0 radical (unpaired) electrons. The molecule has 1 aromatic heterocycles. The molecule has 8 heteroatoms. The zero-order valence-corrected chi connectivity index (χ0v) is 16.6. The molecule has 5 nitrogen and oxygen atoms in total. The molecule has 0 aliphatic heterocycles. The largest absolute Gasteiger partial charge is 0.368 e. The second-order valence-electron chi connectivity index (χ2n) is 5.67. The van der Waals surface area contributed by atoms with Gasteiger partial charge in [-0.3, -0.25) is 9.55 Å². The third-order valence-corrected chi connectivity index (χ3v) is 7.59. The summed E-state index contributed by atoms with van der Waals surface area (Å²) in [6.07, 6.45) is 3.31. The summed E-state index contributed by atoms with van der Waals surface area (Å²) in [5.74, 6) is 1.85. The van der Waals surface area contributed by atoms with Crippen LogP contribution in [0.4, 0.5) is 0 Å². The summed E-state index contributed by atoms with van der Waals surface area (Å²) in [5.41, 5.74) is 2.93. The van der Waals surface area contributed by atoms with Crippen molar-refractivity contribution in [3.63, 3.8) is 0 Å². The zero-order chi connectivity index (χ0) is 18.3. The second-order valence-corrected chi connectivity index (χ2v) is 10.5. The van der Waals surface area contributed by atoms with Crippen molar-refractivity contribution in [2.45, 2.75) is 25.4 Å². The van der Waals surface area contributed by atoms with Gasteiger partial charge in [-0.05, 0) is 34.6 Å². The zero-order valence-electron chi connectivity index (χ0n) is 14.0. The summed E-state index contributed by atoms with van der Waals surface area (Å²) in [4.78, 5) is 22.1. The minimum absolute atomic E-state index is 0.221. The predicted molar refractivity (Wildman–Crippen MR) is 109 cm³/mol. The fourth-order valence-electron chi connectivity index (χ4n) is 2.33. The van der Waals surface area contributed by atoms with Gasteiger partial charge in [-0.15, -0.1) is 0 Å². The van der Waals surface area contributed by atoms with Gasteiger partial charge in [-0.1, -0.05) is 43.4 Å². The summed E-state index contributed by atoms with van der Waals surface area (Å²) >= 11 is 5.57. The van der Waals surface area contributed by atoms with Gasteiger partial charge in [-0.2, -0.15) is 10.9 Å². The van der Waals surface area contributed by atoms with E-state index >= 15 is 0 Å². The lowest BCUT2D eigenvalue weighted by Crippen LogP contribution is -2.22. The van der Waals surface area contributed by atoms with E-state index in [0.29, 0.717) is 12.1 Å². The lowest BCUT2D eigenvalue weighted by molar-refractivity contribution is 0.371. The van der Waals surface area contributed by atoms with Crippen molar-refractivity contribution >= 4 is 35.0 Å². The highest BCUT2D eigenvalue weighted by Gasteiger charge is 2.14. The van der Waals surface area contributed by atoms with Gasteiger partial charge in [0.1, 0.15) is 4.32 Å². The Morgan fingerprint density at radius 2 is 1.72 bits per heavy atom. The molecule has 2 rings (SSSR count). The molecule has 1 atom stereocenters. The van der Waals surface area contributed by atoms with Crippen LogP contribution in [0.25, 0.3) is 0 Å². The standard InChI is InChI=1S/C17H23N2O3PS2/c1-2-25(17(24)19-11-14-7-9-18-10-8-14)13-16-5-3-15(4-6-16)12-23(20,21)22/h3-10,25H,2,11-13H2,1H3,(H,19,24)(H2,20,21,22). The number of nitrogens with one attached hydrogen (secondary N) is 1. The quantitative estimate of drug-likeness (QED) is 0.325. The Morgan fingerprint density at radius 1 is 1.12 bits per heavy atom. The monoisotopic (exact) mass is 398 g/mol. The molecule has 0 aliphatic carbocycles. The number of hydrogen-bond acceptors (Lipinski definition) is 3. The van der Waals surface area contributed by atoms with Crippen LogP contribution >= 0.6 is 30.7 Å². The van der Waals surface area contributed by atoms with E-state index in [-0.39, 0.29) is 6.16 Å². The third-order valence-electron chi connectivity index (χ3n) is 3.65. The van der Waals surface area contributed by atoms with Crippen LogP contribution < -0.4 is 5.32 Å². The molecule has 25 heavy (non-hydrogen) atoms. The maximum atomic E-state index is 11.1. The van der Waals surface area contributed by atoms with Gasteiger partial charge in [0.15, 0.2) is 0 Å². The van der Waals surface area contributed by atoms with Crippen LogP contribution in [0, 0.1) is 0 Å². The molecule has 0 spiro atoms. The van der Waals surface area contributed by atoms with Crippen molar-refractivity contribution in [2.75, 3.05) is 5.75 Å². The number of aromatic nitrogens is 1. The number of nitrogens with zero attached hydrogens (tertiary/aromatic N) is 1. The van der Waals surface area contributed by atoms with Crippen molar-refractivity contribution in [2.24, 2.45) is 0 Å². The Bertz CT molecular complexity index is 735. The van der Waals surface area contributed by atoms with Crippen LogP contribution in [0.3, 0.4) is 0 Å². The van der Waals surface area contributed by atoms with Gasteiger partial charge in [0.05, 0.1) is 6.16 Å². The molecule has 0 saturated heterocycles. The van der Waals surface area contributed by atoms with Gasteiger partial charge in [-0.25, -0.2) is 0 Å². The van der Waals surface area contributed by atoms with Crippen molar-refractivity contribution in [3.05, 3.63) is 65.5 Å². The fourth-order valence-corrected chi connectivity index (χ4v) is 5.27. The number of thiol groups is 1. The first-order valence-electron chi connectivity index (χ1n) is 7.91. The van der Waals surface area contributed by atoms with E-state index in [4.69, 9.17) is 22.0 Å². The number of rotatable bonds is 7. The van der Waals surface area contributed by atoms with Crippen LogP contribution in [-0.4, -0.2) is 24.8 Å². The van der Waals surface area contributed by atoms with Crippen LogP contribution in [-0.2, 0) is 23.0 Å². The van der Waals surface area contributed by atoms with Gasteiger partial charge in [0.25, 0.3) is 0 Å². The normalized spacial score (nSPS) is 13.3. The second kappa shape index (κ2) is 9.46. The molecule has 0 bridgehead atoms. The van der Waals surface area contributed by atoms with Crippen molar-refractivity contribution < 1.29 is 14.4 Å². The van der Waals surface area contributed by atoms with Crippen LogP contribution in [0.5, 0.6) is 0 Å². The molecular weight excluding hydrogens is 375 g/mol. The first-order valence-corrected chi connectivity index (χ1v) is 11.8. The molecular formula is C17H23N2O3PS2. The highest BCUT2D eigenvalue weighted by atomic mass is 32.2. The Kier molecular flexibility index (Phi) is 7.59. The number of hydrogen-bond donors (Lipinski definition) is 4. The maximum absolute atomic E-state index is 11.1. The summed E-state index contributed by atoms with van der Waals surface area (Å²) < 4.78 is 12.0. The van der Waals surface area contributed by atoms with E-state index in [0.717, 1.165) is 27.0 Å². The van der Waals surface area contributed by atoms with Gasteiger partial charge >= 0.3 is 7.60 Å². The molecule has 1 aromatic carbocycles. The smallest absolute Gasteiger partial charge is 0.329 e. The Labute approximate surface area is 156 Å². The molecule has 0 amide bonds. The summed E-state index contributed by atoms with van der Waals surface area (Å²) in [6, 6.07) is 11.4. The Hall–Kier alpha value is -1.24. The van der Waals surface area contributed by atoms with E-state index in [1.54, 1.807) is 24.5 Å². The summed E-state index contributed by atoms with van der Waals surface area (Å²) in [6.45, 7) is 2.83. The average molecular weight is 398 g/mol. The van der Waals surface area contributed by atoms with E-state index in [1.807, 2.05) is 24.3 Å². The van der Waals surface area contributed by atoms with E-state index in [2.05, 4.69) is 17.2 Å². The Balaban J connectivity index is 1.92. The van der Waals surface area contributed by atoms with Gasteiger partial charge < -0.3 is 15.1 Å². The minimum Gasteiger partial charge on any atom is -0.368 e. The molecule has 0 aliphatic rings. The third kappa shape index (κ3) is 7.26. The molecule has 1 unspecified atom stereocenters. The number of pyridine rings is 1. The Morgan fingerprint density at radius 3 is 2.28 bits per heavy atom. The minimum atomic E-state index is -4.02. The van der Waals surface area contributed by atoms with Crippen LogP contribution in [0.1, 0.15) is 23.6 Å². The SMILES string of the molecule is CC[SH](Cc1ccc(CP(=O)(O)O)cc1)C(=S)NCc1ccncc1. The lowest BCUT2D eigenvalue weighted by atomic mass is 10.2. The molecule has 0 fully saturated rings. The molecule has 2 aromatic rings. The summed E-state index contributed by atoms with van der Waals surface area (Å²) in [7, 11) is -4.50. The topological polar surface area (TPSA) is 82.5 Å². The first kappa shape index (κ1) is 20.1. The molecule has 0 saturated carbocycles. The van der Waals surface area contributed by atoms with Gasteiger partial charge in [0, 0.05) is 24.7 Å². The molecule has 1 heterocycles. The van der Waals surface area contributed by atoms with E-state index < -0.39 is 18.5 Å². The number of benzene rings is 1. The predicted octanol–water partition coefficient (Wildman–Crippen LogP) is 3.36. The van der Waals surface area contributed by atoms with Crippen molar-refractivity contribution in [1.82, 2.24) is 10.3 Å². The highest BCUT2D eigenvalue weighted by Crippen LogP contribution is 2.39. The summed E-state index contributed by atoms with van der Waals surface area (Å²) in [5, 5.41) is 3.34. The van der Waals surface area contributed by atoms with Gasteiger partial charge in [0.2, 0.25) is 0 Å². The fraction of sp³-hybridized carbons (Fsp3) is 0.294. The molecule has 3 N–H and O–H groups in total. The van der Waals surface area contributed by atoms with E-state index in [9.17, 15) is 4.57 Å². The molecule has 136 valence electrons. The highest BCUT2D eigenvalue weighted by molar-refractivity contribution is 8.35. The van der Waals surface area contributed by atoms with Crippen LogP contribution in [0.15, 0.2) is 48.8 Å². The van der Waals surface area contributed by atoms with E-state index in [1.165, 1.54) is 0 Å². The lowest BCUT2D eigenvalue weighted by Gasteiger charge is -2.22.